The second-order valence-electron chi connectivity index (χ2n) is 2.56. The Morgan fingerprint density at radius 3 is 2.20 bits per heavy atom. The Morgan fingerprint density at radius 2 is 1.80 bits per heavy atom. The number of esters is 1. The lowest BCUT2D eigenvalue weighted by molar-refractivity contribution is 0.0515. The van der Waals surface area contributed by atoms with E-state index in [-0.39, 0.29) is 15.6 Å². The highest BCUT2D eigenvalue weighted by molar-refractivity contribution is 9.11. The van der Waals surface area contributed by atoms with Crippen LogP contribution in [-0.4, -0.2) is 12.6 Å². The highest BCUT2D eigenvalue weighted by Crippen LogP contribution is 2.28. The zero-order chi connectivity index (χ0) is 11.6. The number of halogens is 4. The van der Waals surface area contributed by atoms with Crippen LogP contribution < -0.4 is 0 Å². The minimum absolute atomic E-state index is 0.00109. The third kappa shape index (κ3) is 2.55. The molecule has 0 aliphatic rings. The van der Waals surface area contributed by atoms with Gasteiger partial charge in [-0.15, -0.1) is 0 Å². The van der Waals surface area contributed by atoms with Crippen LogP contribution in [0.1, 0.15) is 17.3 Å². The van der Waals surface area contributed by atoms with Crippen LogP contribution in [0.25, 0.3) is 0 Å². The molecule has 0 unspecified atom stereocenters. The maximum Gasteiger partial charge on any atom is 0.344 e. The standard InChI is InChI=1S/C9H6Br2F2O2/c1-2-15-9(14)6-7(12)4(10)3-5(11)8(6)13/h3H,2H2,1H3. The maximum absolute atomic E-state index is 13.4. The smallest absolute Gasteiger partial charge is 0.344 e. The van der Waals surface area contributed by atoms with Crippen molar-refractivity contribution in [3.05, 3.63) is 32.2 Å². The van der Waals surface area contributed by atoms with Crippen LogP contribution in [0.5, 0.6) is 0 Å². The topological polar surface area (TPSA) is 26.3 Å². The van der Waals surface area contributed by atoms with Crippen LogP contribution in [0, 0.1) is 11.6 Å². The molecular formula is C9H6Br2F2O2. The van der Waals surface area contributed by atoms with Crippen molar-refractivity contribution in [2.75, 3.05) is 6.61 Å². The van der Waals surface area contributed by atoms with Crippen LogP contribution in [0.2, 0.25) is 0 Å². The fourth-order valence-corrected chi connectivity index (χ4v) is 2.12. The van der Waals surface area contributed by atoms with Gasteiger partial charge >= 0.3 is 5.97 Å². The van der Waals surface area contributed by atoms with E-state index in [1.165, 1.54) is 6.07 Å². The Bertz CT molecular complexity index is 381. The second kappa shape index (κ2) is 5.03. The molecule has 0 aliphatic carbocycles. The Balaban J connectivity index is 3.32. The molecule has 0 fully saturated rings. The van der Waals surface area contributed by atoms with Crippen LogP contribution in [0.15, 0.2) is 15.0 Å². The first-order chi connectivity index (χ1) is 6.99. The third-order valence-corrected chi connectivity index (χ3v) is 2.75. The molecule has 1 aromatic carbocycles. The lowest BCUT2D eigenvalue weighted by Gasteiger charge is -2.07. The van der Waals surface area contributed by atoms with Gasteiger partial charge in [0.25, 0.3) is 0 Å². The van der Waals surface area contributed by atoms with Crippen molar-refractivity contribution >= 4 is 37.8 Å². The van der Waals surface area contributed by atoms with Crippen molar-refractivity contribution in [3.63, 3.8) is 0 Å². The maximum atomic E-state index is 13.4. The molecule has 0 radical (unpaired) electrons. The van der Waals surface area contributed by atoms with E-state index in [0.717, 1.165) is 0 Å². The van der Waals surface area contributed by atoms with Crippen molar-refractivity contribution < 1.29 is 18.3 Å². The van der Waals surface area contributed by atoms with Gasteiger partial charge in [-0.1, -0.05) is 0 Å². The van der Waals surface area contributed by atoms with Crippen LogP contribution in [-0.2, 0) is 4.74 Å². The highest BCUT2D eigenvalue weighted by Gasteiger charge is 2.23. The fraction of sp³-hybridized carbons (Fsp3) is 0.222. The summed E-state index contributed by atoms with van der Waals surface area (Å²) in [5.41, 5.74) is -0.696. The Hall–Kier alpha value is -0.490. The van der Waals surface area contributed by atoms with Gasteiger partial charge < -0.3 is 4.74 Å². The molecule has 0 spiro atoms. The zero-order valence-electron chi connectivity index (χ0n) is 7.61. The minimum atomic E-state index is -1.02. The van der Waals surface area contributed by atoms with Gasteiger partial charge in [0.1, 0.15) is 5.56 Å². The molecule has 0 N–H and O–H groups in total. The number of carbonyl (C=O) groups is 1. The summed E-state index contributed by atoms with van der Waals surface area (Å²) >= 11 is 5.74. The SMILES string of the molecule is CCOC(=O)c1c(F)c(Br)cc(Br)c1F. The molecule has 0 atom stereocenters. The predicted octanol–water partition coefficient (Wildman–Crippen LogP) is 3.67. The molecule has 6 heteroatoms. The highest BCUT2D eigenvalue weighted by atomic mass is 79.9. The first-order valence-corrected chi connectivity index (χ1v) is 5.57. The van der Waals surface area contributed by atoms with Gasteiger partial charge in [0.15, 0.2) is 11.6 Å². The van der Waals surface area contributed by atoms with Gasteiger partial charge in [-0.3, -0.25) is 0 Å². The molecule has 1 aromatic rings. The number of benzene rings is 1. The molecule has 0 saturated carbocycles. The summed E-state index contributed by atoms with van der Waals surface area (Å²) in [5, 5.41) is 0. The fourth-order valence-electron chi connectivity index (χ4n) is 0.956. The summed E-state index contributed by atoms with van der Waals surface area (Å²) in [6.45, 7) is 1.61. The molecule has 15 heavy (non-hydrogen) atoms. The minimum Gasteiger partial charge on any atom is -0.462 e. The predicted molar refractivity (Wildman–Crippen MR) is 57.7 cm³/mol. The van der Waals surface area contributed by atoms with Gasteiger partial charge in [0.2, 0.25) is 0 Å². The molecule has 1 rings (SSSR count). The zero-order valence-corrected chi connectivity index (χ0v) is 10.8. The van der Waals surface area contributed by atoms with Gasteiger partial charge in [-0.2, -0.15) is 0 Å². The van der Waals surface area contributed by atoms with Gasteiger partial charge in [-0.25, -0.2) is 13.6 Å². The average Bonchev–Trinajstić information content (AvgIpc) is 2.16. The molecule has 2 nitrogen and oxygen atoms in total. The molecule has 0 saturated heterocycles. The summed E-state index contributed by atoms with van der Waals surface area (Å²) in [6.07, 6.45) is 0. The molecule has 82 valence electrons. The number of ether oxygens (including phenoxy) is 1. The van der Waals surface area contributed by atoms with E-state index in [4.69, 9.17) is 0 Å². The largest absolute Gasteiger partial charge is 0.462 e. The van der Waals surface area contributed by atoms with E-state index in [9.17, 15) is 13.6 Å². The second-order valence-corrected chi connectivity index (χ2v) is 4.27. The van der Waals surface area contributed by atoms with E-state index < -0.39 is 23.2 Å². The van der Waals surface area contributed by atoms with Gasteiger partial charge in [0, 0.05) is 0 Å². The summed E-state index contributed by atoms with van der Waals surface area (Å²) < 4.78 is 31.4. The summed E-state index contributed by atoms with van der Waals surface area (Å²) in [7, 11) is 0. The van der Waals surface area contributed by atoms with E-state index in [1.54, 1.807) is 6.92 Å². The van der Waals surface area contributed by atoms with Crippen molar-refractivity contribution in [1.29, 1.82) is 0 Å². The Labute approximate surface area is 102 Å². The molecule has 0 aliphatic heterocycles. The van der Waals surface area contributed by atoms with Crippen molar-refractivity contribution in [1.82, 2.24) is 0 Å². The van der Waals surface area contributed by atoms with Gasteiger partial charge in [0.05, 0.1) is 15.6 Å². The van der Waals surface area contributed by atoms with Gasteiger partial charge in [-0.05, 0) is 44.8 Å². The molecule has 0 amide bonds. The summed E-state index contributed by atoms with van der Waals surface area (Å²) in [6, 6.07) is 1.19. The van der Waals surface area contributed by atoms with Crippen molar-refractivity contribution in [3.8, 4) is 0 Å². The Morgan fingerprint density at radius 1 is 1.33 bits per heavy atom. The van der Waals surface area contributed by atoms with Crippen molar-refractivity contribution in [2.45, 2.75) is 6.92 Å². The van der Waals surface area contributed by atoms with Crippen LogP contribution >= 0.6 is 31.9 Å². The first-order valence-electron chi connectivity index (χ1n) is 3.99. The third-order valence-electron chi connectivity index (χ3n) is 1.59. The number of rotatable bonds is 2. The lowest BCUT2D eigenvalue weighted by atomic mass is 10.2. The normalized spacial score (nSPS) is 10.2. The molecule has 0 bridgehead atoms. The number of hydrogen-bond donors (Lipinski definition) is 0. The van der Waals surface area contributed by atoms with Crippen molar-refractivity contribution in [2.24, 2.45) is 0 Å². The molecule has 0 heterocycles. The number of hydrogen-bond acceptors (Lipinski definition) is 2. The summed E-state index contributed by atoms with van der Waals surface area (Å²) in [5.74, 6) is -2.95. The first kappa shape index (κ1) is 12.6. The van der Waals surface area contributed by atoms with Crippen LogP contribution in [0.4, 0.5) is 8.78 Å². The van der Waals surface area contributed by atoms with E-state index >= 15 is 0 Å². The Kier molecular flexibility index (Phi) is 4.21. The van der Waals surface area contributed by atoms with E-state index in [0.29, 0.717) is 0 Å². The molecular weight excluding hydrogens is 338 g/mol. The molecule has 0 aromatic heterocycles. The van der Waals surface area contributed by atoms with E-state index in [2.05, 4.69) is 36.6 Å². The summed E-state index contributed by atoms with van der Waals surface area (Å²) in [4.78, 5) is 11.2. The van der Waals surface area contributed by atoms with E-state index in [1.807, 2.05) is 0 Å². The average molecular weight is 344 g/mol. The number of carbonyl (C=O) groups excluding carboxylic acids is 1. The van der Waals surface area contributed by atoms with Crippen LogP contribution in [0.3, 0.4) is 0 Å². The monoisotopic (exact) mass is 342 g/mol. The quantitative estimate of drug-likeness (QED) is 0.605. The lowest BCUT2D eigenvalue weighted by Crippen LogP contribution is -2.11.